The molecule has 0 aliphatic carbocycles. The van der Waals surface area contributed by atoms with Crippen LogP contribution in [0.4, 0.5) is 11.4 Å². The number of nitro groups is 1. The summed E-state index contributed by atoms with van der Waals surface area (Å²) in [6.45, 7) is 4.02. The molecule has 0 saturated heterocycles. The summed E-state index contributed by atoms with van der Waals surface area (Å²) in [6.07, 6.45) is 0. The summed E-state index contributed by atoms with van der Waals surface area (Å²) in [5.74, 6) is -0.257. The van der Waals surface area contributed by atoms with Gasteiger partial charge in [0.1, 0.15) is 0 Å². The number of anilines is 1. The summed E-state index contributed by atoms with van der Waals surface area (Å²) in [5, 5.41) is 10.9. The van der Waals surface area contributed by atoms with Crippen LogP contribution in [-0.4, -0.2) is 10.8 Å². The van der Waals surface area contributed by atoms with Crippen LogP contribution in [-0.2, 0) is 11.3 Å². The van der Waals surface area contributed by atoms with Gasteiger partial charge in [-0.15, -0.1) is 0 Å². The van der Waals surface area contributed by atoms with Gasteiger partial charge in [0.05, 0.1) is 17.2 Å². The summed E-state index contributed by atoms with van der Waals surface area (Å²) in [4.78, 5) is 24.6. The molecule has 22 heavy (non-hydrogen) atoms. The number of hydrogen-bond acceptors (Lipinski definition) is 3. The van der Waals surface area contributed by atoms with Crippen molar-refractivity contribution in [2.24, 2.45) is 5.92 Å². The van der Waals surface area contributed by atoms with Crippen LogP contribution in [0.2, 0.25) is 0 Å². The maximum atomic E-state index is 12.5. The van der Waals surface area contributed by atoms with E-state index in [1.54, 1.807) is 17.0 Å². The highest BCUT2D eigenvalue weighted by Gasteiger charge is 2.20. The fraction of sp³-hybridized carbons (Fsp3) is 0.235. The first-order chi connectivity index (χ1) is 10.5. The molecule has 5 nitrogen and oxygen atoms in total. The highest BCUT2D eigenvalue weighted by atomic mass is 16.6. The average molecular weight is 298 g/mol. The molecule has 0 radical (unpaired) electrons. The number of benzene rings is 2. The smallest absolute Gasteiger partial charge is 0.271 e. The SMILES string of the molecule is CC(C)C(=O)N(Cc1ccccc1)c1cccc([N+](=O)[O-])c1. The topological polar surface area (TPSA) is 63.5 Å². The zero-order chi connectivity index (χ0) is 16.1. The number of nitro benzene ring substituents is 1. The number of non-ortho nitro benzene ring substituents is 1. The Morgan fingerprint density at radius 3 is 2.41 bits per heavy atom. The zero-order valence-electron chi connectivity index (χ0n) is 12.6. The second kappa shape index (κ2) is 6.85. The number of carbonyl (C=O) groups excluding carboxylic acids is 1. The van der Waals surface area contributed by atoms with Crippen molar-refractivity contribution in [3.05, 3.63) is 70.3 Å². The van der Waals surface area contributed by atoms with E-state index in [9.17, 15) is 14.9 Å². The minimum absolute atomic E-state index is 0.0212. The van der Waals surface area contributed by atoms with Crippen molar-refractivity contribution in [1.29, 1.82) is 0 Å². The van der Waals surface area contributed by atoms with Crippen molar-refractivity contribution in [3.8, 4) is 0 Å². The second-order valence-electron chi connectivity index (χ2n) is 5.34. The molecule has 0 aliphatic rings. The molecule has 0 spiro atoms. The van der Waals surface area contributed by atoms with Crippen LogP contribution in [0, 0.1) is 16.0 Å². The molecular weight excluding hydrogens is 280 g/mol. The highest BCUT2D eigenvalue weighted by Crippen LogP contribution is 2.24. The van der Waals surface area contributed by atoms with Gasteiger partial charge >= 0.3 is 0 Å². The molecule has 2 rings (SSSR count). The maximum Gasteiger partial charge on any atom is 0.271 e. The third-order valence-corrected chi connectivity index (χ3v) is 3.30. The Morgan fingerprint density at radius 1 is 1.14 bits per heavy atom. The Morgan fingerprint density at radius 2 is 1.82 bits per heavy atom. The van der Waals surface area contributed by atoms with Crippen molar-refractivity contribution in [2.45, 2.75) is 20.4 Å². The van der Waals surface area contributed by atoms with Crippen molar-refractivity contribution in [3.63, 3.8) is 0 Å². The predicted octanol–water partition coefficient (Wildman–Crippen LogP) is 3.78. The average Bonchev–Trinajstić information content (AvgIpc) is 2.53. The fourth-order valence-corrected chi connectivity index (χ4v) is 2.15. The Bertz CT molecular complexity index is 669. The van der Waals surface area contributed by atoms with Crippen LogP contribution in [0.3, 0.4) is 0 Å². The lowest BCUT2D eigenvalue weighted by molar-refractivity contribution is -0.384. The predicted molar refractivity (Wildman–Crippen MR) is 85.6 cm³/mol. The minimum atomic E-state index is -0.454. The van der Waals surface area contributed by atoms with Gasteiger partial charge in [-0.1, -0.05) is 50.2 Å². The zero-order valence-corrected chi connectivity index (χ0v) is 12.6. The van der Waals surface area contributed by atoms with Crippen molar-refractivity contribution < 1.29 is 9.72 Å². The van der Waals surface area contributed by atoms with Crippen LogP contribution < -0.4 is 4.90 Å². The molecule has 2 aromatic rings. The number of nitrogens with zero attached hydrogens (tertiary/aromatic N) is 2. The van der Waals surface area contributed by atoms with Gasteiger partial charge in [-0.2, -0.15) is 0 Å². The largest absolute Gasteiger partial charge is 0.308 e. The highest BCUT2D eigenvalue weighted by molar-refractivity contribution is 5.94. The van der Waals surface area contributed by atoms with Crippen molar-refractivity contribution >= 4 is 17.3 Å². The summed E-state index contributed by atoms with van der Waals surface area (Å²) in [7, 11) is 0. The van der Waals surface area contributed by atoms with Gasteiger partial charge in [0, 0.05) is 18.1 Å². The third-order valence-electron chi connectivity index (χ3n) is 3.30. The Hall–Kier alpha value is -2.69. The molecule has 0 fully saturated rings. The van der Waals surface area contributed by atoms with E-state index in [0.29, 0.717) is 12.2 Å². The van der Waals surface area contributed by atoms with Gasteiger partial charge in [0.2, 0.25) is 5.91 Å². The summed E-state index contributed by atoms with van der Waals surface area (Å²) in [6, 6.07) is 15.7. The summed E-state index contributed by atoms with van der Waals surface area (Å²) < 4.78 is 0. The van der Waals surface area contributed by atoms with E-state index in [4.69, 9.17) is 0 Å². The van der Waals surface area contributed by atoms with E-state index >= 15 is 0 Å². The molecule has 0 saturated carbocycles. The lowest BCUT2D eigenvalue weighted by atomic mass is 10.1. The molecule has 0 bridgehead atoms. The van der Waals surface area contributed by atoms with Crippen LogP contribution in [0.1, 0.15) is 19.4 Å². The molecule has 0 N–H and O–H groups in total. The van der Waals surface area contributed by atoms with Gasteiger partial charge in [-0.3, -0.25) is 14.9 Å². The van der Waals surface area contributed by atoms with Crippen molar-refractivity contribution in [1.82, 2.24) is 0 Å². The fourth-order valence-electron chi connectivity index (χ4n) is 2.15. The monoisotopic (exact) mass is 298 g/mol. The number of carbonyl (C=O) groups is 1. The molecule has 0 aromatic heterocycles. The Labute approximate surface area is 129 Å². The lowest BCUT2D eigenvalue weighted by Crippen LogP contribution is -2.33. The lowest BCUT2D eigenvalue weighted by Gasteiger charge is -2.24. The molecule has 0 unspecified atom stereocenters. The van der Waals surface area contributed by atoms with Crippen LogP contribution >= 0.6 is 0 Å². The quantitative estimate of drug-likeness (QED) is 0.623. The molecular formula is C17H18N2O3. The molecule has 0 heterocycles. The third kappa shape index (κ3) is 3.69. The maximum absolute atomic E-state index is 12.5. The molecule has 0 atom stereocenters. The first kappa shape index (κ1) is 15.7. The van der Waals surface area contributed by atoms with Gasteiger partial charge in [0.25, 0.3) is 5.69 Å². The Kier molecular flexibility index (Phi) is 4.88. The van der Waals surface area contributed by atoms with Crippen LogP contribution in [0.5, 0.6) is 0 Å². The number of amides is 1. The minimum Gasteiger partial charge on any atom is -0.308 e. The van der Waals surface area contributed by atoms with Crippen LogP contribution in [0.15, 0.2) is 54.6 Å². The Balaban J connectivity index is 2.38. The van der Waals surface area contributed by atoms with E-state index in [1.165, 1.54) is 12.1 Å². The van der Waals surface area contributed by atoms with Crippen molar-refractivity contribution in [2.75, 3.05) is 4.90 Å². The molecule has 1 amide bonds. The second-order valence-corrected chi connectivity index (χ2v) is 5.34. The van der Waals surface area contributed by atoms with Crippen LogP contribution in [0.25, 0.3) is 0 Å². The van der Waals surface area contributed by atoms with Gasteiger partial charge in [-0.05, 0) is 11.6 Å². The molecule has 114 valence electrons. The first-order valence-corrected chi connectivity index (χ1v) is 7.09. The van der Waals surface area contributed by atoms with E-state index in [1.807, 2.05) is 44.2 Å². The van der Waals surface area contributed by atoms with Gasteiger partial charge < -0.3 is 4.90 Å². The van der Waals surface area contributed by atoms with Gasteiger partial charge in [0.15, 0.2) is 0 Å². The molecule has 5 heteroatoms. The van der Waals surface area contributed by atoms with E-state index in [2.05, 4.69) is 0 Å². The van der Waals surface area contributed by atoms with E-state index in [0.717, 1.165) is 5.56 Å². The molecule has 2 aromatic carbocycles. The van der Waals surface area contributed by atoms with E-state index in [-0.39, 0.29) is 17.5 Å². The summed E-state index contributed by atoms with van der Waals surface area (Å²) >= 11 is 0. The van der Waals surface area contributed by atoms with Gasteiger partial charge in [-0.25, -0.2) is 0 Å². The number of hydrogen-bond donors (Lipinski definition) is 0. The number of rotatable bonds is 5. The standard InChI is InChI=1S/C17H18N2O3/c1-13(2)17(20)18(12-14-7-4-3-5-8-14)15-9-6-10-16(11-15)19(21)22/h3-11,13H,12H2,1-2H3. The summed E-state index contributed by atoms with van der Waals surface area (Å²) in [5.41, 5.74) is 1.49. The molecule has 0 aliphatic heterocycles. The first-order valence-electron chi connectivity index (χ1n) is 7.09. The normalized spacial score (nSPS) is 10.5. The van der Waals surface area contributed by atoms with E-state index < -0.39 is 4.92 Å².